The third-order valence-corrected chi connectivity index (χ3v) is 4.10. The number of benzene rings is 2. The number of halogens is 1. The van der Waals surface area contributed by atoms with E-state index in [0.29, 0.717) is 28.3 Å². The van der Waals surface area contributed by atoms with E-state index in [9.17, 15) is 4.39 Å². The number of nitrogens with zero attached hydrogens (tertiary/aromatic N) is 2. The summed E-state index contributed by atoms with van der Waals surface area (Å²) in [4.78, 5) is 8.73. The molecule has 0 unspecified atom stereocenters. The van der Waals surface area contributed by atoms with Crippen molar-refractivity contribution >= 4 is 22.1 Å². The zero-order valence-corrected chi connectivity index (χ0v) is 13.3. The number of para-hydroxylation sites is 1. The highest BCUT2D eigenvalue weighted by atomic mass is 19.1. The molecule has 0 bridgehead atoms. The van der Waals surface area contributed by atoms with Crippen LogP contribution in [0.25, 0.3) is 44.6 Å². The molecule has 124 valence electrons. The van der Waals surface area contributed by atoms with Crippen LogP contribution in [-0.2, 0) is 0 Å². The van der Waals surface area contributed by atoms with Gasteiger partial charge in [0.25, 0.3) is 0 Å². The maximum atomic E-state index is 13.9. The monoisotopic (exact) mass is 345 g/mol. The highest BCUT2D eigenvalue weighted by molar-refractivity contribution is 6.08. The number of aromatic nitrogens is 2. The molecule has 0 spiro atoms. The fourth-order valence-electron chi connectivity index (χ4n) is 2.92. The quantitative estimate of drug-likeness (QED) is 0.403. The molecule has 3 nitrogen and oxygen atoms in total. The first-order valence-corrected chi connectivity index (χ1v) is 7.88. The van der Waals surface area contributed by atoms with Crippen molar-refractivity contribution in [1.29, 1.82) is 0 Å². The first-order chi connectivity index (χ1) is 14.9. The minimum Gasteiger partial charge on any atom is -0.437 e. The van der Waals surface area contributed by atoms with Gasteiger partial charge in [-0.3, -0.25) is 4.98 Å². The van der Waals surface area contributed by atoms with Crippen LogP contribution in [0.2, 0.25) is 0 Å². The Morgan fingerprint density at radius 1 is 0.885 bits per heavy atom. The summed E-state index contributed by atoms with van der Waals surface area (Å²) >= 11 is 0. The van der Waals surface area contributed by atoms with Crippen molar-refractivity contribution in [3.8, 4) is 22.5 Å². The topological polar surface area (TPSA) is 38.9 Å². The summed E-state index contributed by atoms with van der Waals surface area (Å²) in [6, 6.07) is 9.86. The van der Waals surface area contributed by atoms with Crippen LogP contribution in [0, 0.1) is 5.82 Å². The molecule has 0 N–H and O–H groups in total. The Balaban J connectivity index is 1.76. The van der Waals surface area contributed by atoms with E-state index in [0.717, 1.165) is 5.39 Å². The lowest BCUT2D eigenvalue weighted by molar-refractivity contribution is 0.628. The number of hydrogen-bond acceptors (Lipinski definition) is 3. The van der Waals surface area contributed by atoms with E-state index in [1.807, 2.05) is 18.2 Å². The predicted molar refractivity (Wildman–Crippen MR) is 100 cm³/mol. The molecule has 26 heavy (non-hydrogen) atoms. The van der Waals surface area contributed by atoms with Gasteiger partial charge in [-0.1, -0.05) is 18.2 Å². The van der Waals surface area contributed by atoms with E-state index < -0.39 is 30.0 Å². The average molecular weight is 345 g/mol. The molecule has 3 aromatic heterocycles. The molecule has 0 amide bonds. The Labute approximate surface area is 155 Å². The summed E-state index contributed by atoms with van der Waals surface area (Å²) in [6.07, 6.45) is 1.55. The number of pyridine rings is 2. The van der Waals surface area contributed by atoms with Gasteiger partial charge in [0.05, 0.1) is 18.2 Å². The molecule has 0 saturated carbocycles. The maximum absolute atomic E-state index is 13.9. The number of hydrogen-bond donors (Lipinski definition) is 0. The van der Waals surface area contributed by atoms with Gasteiger partial charge in [0.15, 0.2) is 0 Å². The minimum absolute atomic E-state index is 0.0949. The van der Waals surface area contributed by atoms with E-state index >= 15 is 0 Å². The molecule has 4 heteroatoms. The Morgan fingerprint density at radius 3 is 2.62 bits per heavy atom. The lowest BCUT2D eigenvalue weighted by Gasteiger charge is -2.00. The van der Waals surface area contributed by atoms with Gasteiger partial charge in [-0.25, -0.2) is 9.37 Å². The van der Waals surface area contributed by atoms with Crippen LogP contribution in [0.3, 0.4) is 0 Å². The van der Waals surface area contributed by atoms with Crippen LogP contribution >= 0.6 is 0 Å². The van der Waals surface area contributed by atoms with E-state index in [4.69, 9.17) is 11.3 Å². The van der Waals surface area contributed by atoms with Crippen LogP contribution in [0.4, 0.5) is 4.39 Å². The Bertz CT molecular complexity index is 1490. The SMILES string of the molecule is [2H]c1ccnc(-c2cccc3c2oc2nc(-c4c([2H])c([2H])c(F)c([2H])c4[2H])ccc23)c1. The van der Waals surface area contributed by atoms with Crippen LogP contribution in [-0.4, -0.2) is 9.97 Å². The summed E-state index contributed by atoms with van der Waals surface area (Å²) in [7, 11) is 0. The predicted octanol–water partition coefficient (Wildman–Crippen LogP) is 5.85. The summed E-state index contributed by atoms with van der Waals surface area (Å²) < 4.78 is 59.3. The van der Waals surface area contributed by atoms with Crippen molar-refractivity contribution in [3.05, 3.63) is 84.7 Å². The lowest BCUT2D eigenvalue weighted by Crippen LogP contribution is -1.83. The first-order valence-electron chi connectivity index (χ1n) is 10.4. The minimum atomic E-state index is -1.20. The number of furan rings is 1. The Morgan fingerprint density at radius 2 is 1.77 bits per heavy atom. The summed E-state index contributed by atoms with van der Waals surface area (Å²) in [5.74, 6) is -1.20. The highest BCUT2D eigenvalue weighted by Gasteiger charge is 2.14. The summed E-state index contributed by atoms with van der Waals surface area (Å²) in [5, 5.41) is 1.47. The molecule has 0 aliphatic rings. The van der Waals surface area contributed by atoms with Gasteiger partial charge in [-0.2, -0.15) is 0 Å². The molecule has 5 aromatic rings. The second-order valence-electron chi connectivity index (χ2n) is 5.66. The van der Waals surface area contributed by atoms with Gasteiger partial charge in [0.1, 0.15) is 11.4 Å². The second-order valence-corrected chi connectivity index (χ2v) is 5.66. The van der Waals surface area contributed by atoms with Crippen LogP contribution in [0.15, 0.2) is 83.3 Å². The van der Waals surface area contributed by atoms with Crippen molar-refractivity contribution in [3.63, 3.8) is 0 Å². The van der Waals surface area contributed by atoms with E-state index in [1.54, 1.807) is 30.5 Å². The molecule has 0 radical (unpaired) electrons. The fourth-order valence-corrected chi connectivity index (χ4v) is 2.92. The third-order valence-electron chi connectivity index (χ3n) is 4.10. The van der Waals surface area contributed by atoms with Crippen molar-refractivity contribution in [1.82, 2.24) is 9.97 Å². The molecule has 2 aromatic carbocycles. The molecule has 0 aliphatic heterocycles. The largest absolute Gasteiger partial charge is 0.437 e. The molecule has 0 atom stereocenters. The van der Waals surface area contributed by atoms with Crippen molar-refractivity contribution in [2.24, 2.45) is 0 Å². The number of rotatable bonds is 2. The van der Waals surface area contributed by atoms with E-state index in [2.05, 4.69) is 9.97 Å². The van der Waals surface area contributed by atoms with Crippen molar-refractivity contribution in [2.75, 3.05) is 0 Å². The average Bonchev–Trinajstić information content (AvgIpc) is 3.14. The molecule has 0 aliphatic carbocycles. The van der Waals surface area contributed by atoms with Gasteiger partial charge in [0, 0.05) is 28.1 Å². The summed E-state index contributed by atoms with van der Waals surface area (Å²) in [5.41, 5.74) is 2.09. The van der Waals surface area contributed by atoms with Crippen LogP contribution in [0.1, 0.15) is 6.85 Å². The molecule has 3 heterocycles. The lowest BCUT2D eigenvalue weighted by atomic mass is 10.1. The molecule has 0 fully saturated rings. The van der Waals surface area contributed by atoms with Crippen LogP contribution in [0.5, 0.6) is 0 Å². The van der Waals surface area contributed by atoms with Crippen LogP contribution < -0.4 is 0 Å². The van der Waals surface area contributed by atoms with Gasteiger partial charge in [-0.05, 0) is 54.5 Å². The Hall–Kier alpha value is -3.53. The second kappa shape index (κ2) is 5.77. The fraction of sp³-hybridized carbons (Fsp3) is 0. The highest BCUT2D eigenvalue weighted by Crippen LogP contribution is 2.35. The molecule has 5 rings (SSSR count). The van der Waals surface area contributed by atoms with Gasteiger partial charge in [0.2, 0.25) is 5.71 Å². The van der Waals surface area contributed by atoms with Crippen molar-refractivity contribution < 1.29 is 15.7 Å². The molecular formula is C22H13FN2O. The normalized spacial score (nSPS) is 14.0. The zero-order valence-electron chi connectivity index (χ0n) is 18.3. The van der Waals surface area contributed by atoms with Gasteiger partial charge in [-0.15, -0.1) is 0 Å². The number of fused-ring (bicyclic) bond motifs is 3. The van der Waals surface area contributed by atoms with Gasteiger partial charge < -0.3 is 4.42 Å². The van der Waals surface area contributed by atoms with E-state index in [-0.39, 0.29) is 17.0 Å². The first kappa shape index (κ1) is 10.5. The standard InChI is InChI=1S/C22H13FN2O/c23-15-9-7-14(8-10-15)19-12-11-17-16-4-3-5-18(20-6-1-2-13-24-20)21(16)26-22(17)25-19/h1-13H/i1D,7D,8D,9D,10D. The van der Waals surface area contributed by atoms with Crippen molar-refractivity contribution in [2.45, 2.75) is 0 Å². The third kappa shape index (κ3) is 2.35. The Kier molecular flexibility index (Phi) is 2.32. The maximum Gasteiger partial charge on any atom is 0.227 e. The zero-order chi connectivity index (χ0) is 21.9. The van der Waals surface area contributed by atoms with E-state index in [1.165, 1.54) is 0 Å². The molecular weight excluding hydrogens is 327 g/mol. The van der Waals surface area contributed by atoms with Gasteiger partial charge >= 0.3 is 0 Å². The molecule has 0 saturated heterocycles. The smallest absolute Gasteiger partial charge is 0.227 e. The summed E-state index contributed by atoms with van der Waals surface area (Å²) in [6.45, 7) is 0.